The van der Waals surface area contributed by atoms with Crippen molar-refractivity contribution < 1.29 is 4.79 Å². The normalized spacial score (nSPS) is 18.9. The van der Waals surface area contributed by atoms with Gasteiger partial charge >= 0.3 is 0 Å². The molecule has 0 radical (unpaired) electrons. The number of amides is 1. The molecule has 0 spiro atoms. The second-order valence-corrected chi connectivity index (χ2v) is 4.31. The van der Waals surface area contributed by atoms with Gasteiger partial charge in [0.2, 0.25) is 0 Å². The van der Waals surface area contributed by atoms with E-state index < -0.39 is 5.92 Å². The quantitative estimate of drug-likeness (QED) is 0.783. The smallest absolute Gasteiger partial charge is 0.261 e. The molecule has 0 fully saturated rings. The van der Waals surface area contributed by atoms with Crippen LogP contribution >= 0.6 is 0 Å². The van der Waals surface area contributed by atoms with Crippen molar-refractivity contribution in [2.45, 2.75) is 6.92 Å². The third-order valence-electron chi connectivity index (χ3n) is 2.94. The van der Waals surface area contributed by atoms with Crippen molar-refractivity contribution in [1.82, 2.24) is 14.9 Å². The fraction of sp³-hybridized carbons (Fsp3) is 0.154. The molecule has 1 aromatic carbocycles. The average Bonchev–Trinajstić information content (AvgIpc) is 3.07. The molecule has 0 aliphatic carbocycles. The fourth-order valence-corrected chi connectivity index (χ4v) is 1.90. The number of hydrazone groups is 1. The van der Waals surface area contributed by atoms with Crippen LogP contribution in [0.2, 0.25) is 0 Å². The van der Waals surface area contributed by atoms with E-state index in [2.05, 4.69) is 20.4 Å². The molecular formula is C13H12N6O. The average molecular weight is 268 g/mol. The number of hydrogen-bond donors (Lipinski definition) is 0. The zero-order chi connectivity index (χ0) is 13.9. The van der Waals surface area contributed by atoms with Gasteiger partial charge < -0.3 is 0 Å². The molecule has 0 saturated heterocycles. The number of para-hydroxylation sites is 1. The Balaban J connectivity index is 1.82. The zero-order valence-electron chi connectivity index (χ0n) is 10.8. The molecule has 1 unspecified atom stereocenters. The Hall–Kier alpha value is -2.83. The molecule has 2 heterocycles. The number of nitrogens with zero attached hydrogens (tertiary/aromatic N) is 6. The van der Waals surface area contributed by atoms with Gasteiger partial charge in [0.05, 0.1) is 11.4 Å². The van der Waals surface area contributed by atoms with Gasteiger partial charge in [-0.3, -0.25) is 4.79 Å². The number of hydrogen-bond acceptors (Lipinski definition) is 5. The first-order valence-electron chi connectivity index (χ1n) is 6.09. The Bertz CT molecular complexity index is 661. The Labute approximate surface area is 115 Å². The van der Waals surface area contributed by atoms with Crippen molar-refractivity contribution in [1.29, 1.82) is 0 Å². The lowest BCUT2D eigenvalue weighted by atomic mass is 10.1. The summed E-state index contributed by atoms with van der Waals surface area (Å²) in [6, 6.07) is 9.31. The summed E-state index contributed by atoms with van der Waals surface area (Å²) >= 11 is 0. The second-order valence-electron chi connectivity index (χ2n) is 4.31. The van der Waals surface area contributed by atoms with E-state index in [9.17, 15) is 4.79 Å². The topological polar surface area (TPSA) is 75.7 Å². The van der Waals surface area contributed by atoms with Crippen LogP contribution in [0.15, 0.2) is 53.2 Å². The first kappa shape index (κ1) is 12.2. The predicted molar refractivity (Wildman–Crippen MR) is 74.4 cm³/mol. The predicted octanol–water partition coefficient (Wildman–Crippen LogP) is 1.15. The van der Waals surface area contributed by atoms with Crippen molar-refractivity contribution in [2.75, 3.05) is 5.01 Å². The van der Waals surface area contributed by atoms with Gasteiger partial charge in [0.1, 0.15) is 18.6 Å². The summed E-state index contributed by atoms with van der Waals surface area (Å²) in [4.78, 5) is 12.4. The molecule has 0 saturated carbocycles. The molecule has 2 aromatic rings. The van der Waals surface area contributed by atoms with Crippen molar-refractivity contribution >= 4 is 23.5 Å². The summed E-state index contributed by atoms with van der Waals surface area (Å²) in [7, 11) is 0. The van der Waals surface area contributed by atoms with Crippen molar-refractivity contribution in [2.24, 2.45) is 16.1 Å². The Morgan fingerprint density at radius 2 is 1.90 bits per heavy atom. The van der Waals surface area contributed by atoms with Gasteiger partial charge in [-0.15, -0.1) is 10.2 Å². The van der Waals surface area contributed by atoms with E-state index in [4.69, 9.17) is 0 Å². The number of carbonyl (C=O) groups excluding carboxylic acids is 1. The first-order valence-corrected chi connectivity index (χ1v) is 6.09. The monoisotopic (exact) mass is 268 g/mol. The van der Waals surface area contributed by atoms with Crippen molar-refractivity contribution in [3.63, 3.8) is 0 Å². The summed E-state index contributed by atoms with van der Waals surface area (Å²) in [6.45, 7) is 1.81. The third kappa shape index (κ3) is 2.20. The molecule has 1 atom stereocenters. The summed E-state index contributed by atoms with van der Waals surface area (Å²) in [5.74, 6) is -0.580. The van der Waals surface area contributed by atoms with E-state index in [-0.39, 0.29) is 5.91 Å². The maximum absolute atomic E-state index is 12.4. The van der Waals surface area contributed by atoms with E-state index >= 15 is 0 Å². The lowest BCUT2D eigenvalue weighted by Crippen LogP contribution is -2.28. The summed E-state index contributed by atoms with van der Waals surface area (Å²) in [5.41, 5.74) is 1.45. The van der Waals surface area contributed by atoms with Crippen LogP contribution in [0.5, 0.6) is 0 Å². The van der Waals surface area contributed by atoms with Crippen LogP contribution in [0.1, 0.15) is 6.92 Å². The molecule has 100 valence electrons. The number of carbonyl (C=O) groups is 1. The highest BCUT2D eigenvalue weighted by Gasteiger charge is 2.33. The number of rotatable bonds is 3. The van der Waals surface area contributed by atoms with Crippen LogP contribution in [-0.2, 0) is 4.79 Å². The van der Waals surface area contributed by atoms with Crippen LogP contribution in [0.4, 0.5) is 5.69 Å². The molecule has 1 amide bonds. The highest BCUT2D eigenvalue weighted by Crippen LogP contribution is 2.22. The molecule has 0 N–H and O–H groups in total. The Morgan fingerprint density at radius 1 is 1.20 bits per heavy atom. The minimum absolute atomic E-state index is 0.120. The van der Waals surface area contributed by atoms with Crippen molar-refractivity contribution in [3.05, 3.63) is 43.0 Å². The van der Waals surface area contributed by atoms with Crippen LogP contribution in [0, 0.1) is 5.92 Å². The van der Waals surface area contributed by atoms with Gasteiger partial charge in [0.25, 0.3) is 5.91 Å². The van der Waals surface area contributed by atoms with Crippen LogP contribution in [-0.4, -0.2) is 32.7 Å². The zero-order valence-corrected chi connectivity index (χ0v) is 10.8. The number of aromatic nitrogens is 3. The van der Waals surface area contributed by atoms with E-state index in [1.807, 2.05) is 37.3 Å². The molecule has 1 aliphatic rings. The Morgan fingerprint density at radius 3 is 2.60 bits per heavy atom. The minimum atomic E-state index is -0.461. The molecule has 20 heavy (non-hydrogen) atoms. The van der Waals surface area contributed by atoms with Crippen molar-refractivity contribution in [3.8, 4) is 0 Å². The molecule has 1 aromatic heterocycles. The molecule has 7 nitrogen and oxygen atoms in total. The molecular weight excluding hydrogens is 256 g/mol. The summed E-state index contributed by atoms with van der Waals surface area (Å²) in [6.07, 6.45) is 4.46. The van der Waals surface area contributed by atoms with E-state index in [0.717, 1.165) is 5.69 Å². The van der Waals surface area contributed by atoms with Crippen LogP contribution in [0.25, 0.3) is 0 Å². The fourth-order valence-electron chi connectivity index (χ4n) is 1.90. The van der Waals surface area contributed by atoms with Gasteiger partial charge in [-0.1, -0.05) is 18.2 Å². The van der Waals surface area contributed by atoms with E-state index in [1.54, 1.807) is 6.21 Å². The highest BCUT2D eigenvalue weighted by atomic mass is 16.2. The Kier molecular flexibility index (Phi) is 3.08. The van der Waals surface area contributed by atoms with Gasteiger partial charge in [0.15, 0.2) is 0 Å². The first-order chi connectivity index (χ1) is 9.75. The lowest BCUT2D eigenvalue weighted by molar-refractivity contribution is -0.118. The second kappa shape index (κ2) is 5.04. The van der Waals surface area contributed by atoms with Gasteiger partial charge in [0, 0.05) is 6.21 Å². The summed E-state index contributed by atoms with van der Waals surface area (Å²) in [5, 5.41) is 17.1. The SMILES string of the molecule is CC1=NN(c2ccccc2)C(=O)C1C=Nn1cnnc1. The van der Waals surface area contributed by atoms with E-state index in [0.29, 0.717) is 5.71 Å². The molecule has 0 bridgehead atoms. The van der Waals surface area contributed by atoms with Gasteiger partial charge in [-0.2, -0.15) is 15.2 Å². The minimum Gasteiger partial charge on any atom is -0.271 e. The van der Waals surface area contributed by atoms with Crippen LogP contribution < -0.4 is 5.01 Å². The lowest BCUT2D eigenvalue weighted by Gasteiger charge is -2.12. The molecule has 3 rings (SSSR count). The van der Waals surface area contributed by atoms with Gasteiger partial charge in [-0.25, -0.2) is 4.68 Å². The largest absolute Gasteiger partial charge is 0.271 e. The molecule has 1 aliphatic heterocycles. The number of benzene rings is 1. The maximum atomic E-state index is 12.4. The number of anilines is 1. The van der Waals surface area contributed by atoms with E-state index in [1.165, 1.54) is 22.3 Å². The molecule has 7 heteroatoms. The van der Waals surface area contributed by atoms with Crippen LogP contribution in [0.3, 0.4) is 0 Å². The highest BCUT2D eigenvalue weighted by molar-refractivity contribution is 6.23. The van der Waals surface area contributed by atoms with Gasteiger partial charge in [-0.05, 0) is 19.1 Å². The third-order valence-corrected chi connectivity index (χ3v) is 2.94. The summed E-state index contributed by atoms with van der Waals surface area (Å²) < 4.78 is 1.44. The maximum Gasteiger partial charge on any atom is 0.261 e. The standard InChI is InChI=1S/C13H12N6O/c1-10-12(7-16-18-8-14-15-9-18)13(20)19(17-10)11-5-3-2-4-6-11/h2-9,12H,1H3.